The first-order chi connectivity index (χ1) is 12.6. The molecule has 0 N–H and O–H groups in total. The number of fused-ring (bicyclic) bond motifs is 1. The van der Waals surface area contributed by atoms with Crippen LogP contribution in [0.4, 0.5) is 0 Å². The van der Waals surface area contributed by atoms with Crippen LogP contribution in [0.5, 0.6) is 0 Å². The van der Waals surface area contributed by atoms with E-state index in [0.717, 1.165) is 35.3 Å². The number of rotatable bonds is 5. The van der Waals surface area contributed by atoms with Gasteiger partial charge in [-0.25, -0.2) is 14.6 Å². The first-order valence-electron chi connectivity index (χ1n) is 8.91. The van der Waals surface area contributed by atoms with Gasteiger partial charge in [0.05, 0.1) is 11.7 Å². The number of hydrogen-bond acceptors (Lipinski definition) is 5. The second-order valence-electron chi connectivity index (χ2n) is 6.94. The van der Waals surface area contributed by atoms with Crippen molar-refractivity contribution in [1.82, 2.24) is 19.7 Å². The average Bonchev–Trinajstić information content (AvgIpc) is 3.01. The van der Waals surface area contributed by atoms with Crippen LogP contribution in [-0.2, 0) is 16.8 Å². The van der Waals surface area contributed by atoms with Gasteiger partial charge in [0.1, 0.15) is 6.61 Å². The molecule has 0 spiro atoms. The minimum Gasteiger partial charge on any atom is -0.377 e. The highest BCUT2D eigenvalue weighted by Crippen LogP contribution is 2.43. The van der Waals surface area contributed by atoms with Crippen molar-refractivity contribution in [1.29, 1.82) is 0 Å². The highest BCUT2D eigenvalue weighted by atomic mass is 16.5. The molecule has 0 saturated heterocycles. The van der Waals surface area contributed by atoms with Crippen molar-refractivity contribution in [3.63, 3.8) is 0 Å². The van der Waals surface area contributed by atoms with Crippen LogP contribution in [0.25, 0.3) is 16.7 Å². The van der Waals surface area contributed by atoms with Gasteiger partial charge in [0, 0.05) is 42.9 Å². The van der Waals surface area contributed by atoms with E-state index < -0.39 is 0 Å². The molecule has 134 valence electrons. The summed E-state index contributed by atoms with van der Waals surface area (Å²) >= 11 is 0. The summed E-state index contributed by atoms with van der Waals surface area (Å²) in [5.41, 5.74) is 3.32. The van der Waals surface area contributed by atoms with E-state index in [1.165, 1.54) is 12.0 Å². The van der Waals surface area contributed by atoms with E-state index >= 15 is 0 Å². The molecule has 3 aromatic rings. The molecule has 1 aliphatic rings. The molecule has 4 rings (SSSR count). The average molecular weight is 349 g/mol. The molecular weight excluding hydrogens is 326 g/mol. The normalized spacial score (nSPS) is 16.3. The third-order valence-electron chi connectivity index (χ3n) is 5.15. The van der Waals surface area contributed by atoms with Crippen LogP contribution in [0.15, 0.2) is 35.5 Å². The molecule has 0 amide bonds. The van der Waals surface area contributed by atoms with Crippen molar-refractivity contribution >= 4 is 17.1 Å². The fourth-order valence-electron chi connectivity index (χ4n) is 3.72. The Morgan fingerprint density at radius 2 is 2.12 bits per heavy atom. The third-order valence-corrected chi connectivity index (χ3v) is 5.15. The van der Waals surface area contributed by atoms with Gasteiger partial charge in [0.25, 0.3) is 0 Å². The van der Waals surface area contributed by atoms with Crippen molar-refractivity contribution < 1.29 is 4.74 Å². The van der Waals surface area contributed by atoms with Crippen molar-refractivity contribution in [3.8, 4) is 5.82 Å². The van der Waals surface area contributed by atoms with E-state index in [0.29, 0.717) is 12.4 Å². The second-order valence-corrected chi connectivity index (χ2v) is 6.94. The third kappa shape index (κ3) is 2.80. The Labute approximate surface area is 153 Å². The maximum atomic E-state index is 5.19. The number of aliphatic imine (C=N–C) groups is 1. The fraction of sp³-hybridized carbons (Fsp3) is 0.400. The number of ether oxygens (including phenoxy) is 1. The molecule has 0 bridgehead atoms. The summed E-state index contributed by atoms with van der Waals surface area (Å²) in [5.74, 6) is 1.43. The van der Waals surface area contributed by atoms with Gasteiger partial charge in [-0.2, -0.15) is 5.10 Å². The fourth-order valence-corrected chi connectivity index (χ4v) is 3.72. The van der Waals surface area contributed by atoms with E-state index in [2.05, 4.69) is 44.5 Å². The molecule has 2 heterocycles. The molecule has 0 radical (unpaired) electrons. The topological polar surface area (TPSA) is 65.2 Å². The van der Waals surface area contributed by atoms with Gasteiger partial charge in [-0.3, -0.25) is 4.99 Å². The summed E-state index contributed by atoms with van der Waals surface area (Å²) in [5, 5.41) is 5.67. The van der Waals surface area contributed by atoms with E-state index in [1.807, 2.05) is 30.9 Å². The van der Waals surface area contributed by atoms with E-state index in [-0.39, 0.29) is 5.41 Å². The largest absolute Gasteiger partial charge is 0.377 e. The summed E-state index contributed by atoms with van der Waals surface area (Å²) < 4.78 is 7.08. The van der Waals surface area contributed by atoms with E-state index in [4.69, 9.17) is 4.74 Å². The van der Waals surface area contributed by atoms with Crippen LogP contribution >= 0.6 is 0 Å². The van der Waals surface area contributed by atoms with Gasteiger partial charge in [-0.15, -0.1) is 0 Å². The molecule has 26 heavy (non-hydrogen) atoms. The van der Waals surface area contributed by atoms with Crippen molar-refractivity contribution in [2.75, 3.05) is 14.2 Å². The monoisotopic (exact) mass is 349 g/mol. The van der Waals surface area contributed by atoms with E-state index in [1.54, 1.807) is 7.11 Å². The van der Waals surface area contributed by atoms with E-state index in [9.17, 15) is 0 Å². The Bertz CT molecular complexity index is 971. The lowest BCUT2D eigenvalue weighted by Gasteiger charge is -2.39. The number of benzene rings is 1. The summed E-state index contributed by atoms with van der Waals surface area (Å²) in [6.45, 7) is 2.34. The highest BCUT2D eigenvalue weighted by Gasteiger charge is 2.37. The summed E-state index contributed by atoms with van der Waals surface area (Å²) in [7, 11) is 3.50. The minimum atomic E-state index is 0.0703. The summed E-state index contributed by atoms with van der Waals surface area (Å²) in [4.78, 5) is 13.4. The van der Waals surface area contributed by atoms with Crippen LogP contribution in [-0.4, -0.2) is 40.1 Å². The Morgan fingerprint density at radius 3 is 2.81 bits per heavy atom. The maximum Gasteiger partial charge on any atom is 0.158 e. The first-order valence-corrected chi connectivity index (χ1v) is 8.91. The quantitative estimate of drug-likeness (QED) is 0.662. The van der Waals surface area contributed by atoms with Crippen molar-refractivity contribution in [2.24, 2.45) is 4.99 Å². The Kier molecular flexibility index (Phi) is 4.28. The molecule has 0 unspecified atom stereocenters. The van der Waals surface area contributed by atoms with Gasteiger partial charge in [-0.1, -0.05) is 18.6 Å². The Hall–Kier alpha value is -2.60. The van der Waals surface area contributed by atoms with Crippen LogP contribution in [0.1, 0.15) is 36.3 Å². The molecule has 6 nitrogen and oxygen atoms in total. The lowest BCUT2D eigenvalue weighted by molar-refractivity contribution is 0.177. The van der Waals surface area contributed by atoms with Gasteiger partial charge in [0.15, 0.2) is 11.6 Å². The zero-order chi connectivity index (χ0) is 18.1. The molecule has 1 fully saturated rings. The molecule has 1 saturated carbocycles. The molecule has 2 aromatic heterocycles. The number of aryl methyl sites for hydroxylation is 1. The lowest BCUT2D eigenvalue weighted by Crippen LogP contribution is -2.35. The molecule has 1 aliphatic carbocycles. The molecule has 1 aromatic carbocycles. The molecule has 0 aliphatic heterocycles. The van der Waals surface area contributed by atoms with Crippen LogP contribution in [0.2, 0.25) is 0 Å². The van der Waals surface area contributed by atoms with Gasteiger partial charge in [0.2, 0.25) is 0 Å². The smallest absolute Gasteiger partial charge is 0.158 e. The Balaban J connectivity index is 1.83. The standard InChI is InChI=1S/C20H23N5O/c1-14-9-19(24-18(23-14)12-26-3)25-17-10-16(6-5-15(17)11-22-25)20(13-21-2)7-4-8-20/h5-6,9-11,13H,4,7-8,12H2,1-3H3/b21-13-. The number of nitrogens with zero attached hydrogens (tertiary/aromatic N) is 5. The van der Waals surface area contributed by atoms with Crippen LogP contribution < -0.4 is 0 Å². The minimum absolute atomic E-state index is 0.0703. The SMILES string of the molecule is C/N=C\C1(c2ccc3cnn(-c4cc(C)nc(COC)n4)c3c2)CCC1. The molecular formula is C20H23N5O. The highest BCUT2D eigenvalue weighted by molar-refractivity contribution is 5.84. The predicted octanol–water partition coefficient (Wildman–Crippen LogP) is 3.39. The lowest BCUT2D eigenvalue weighted by atomic mass is 9.65. The van der Waals surface area contributed by atoms with Gasteiger partial charge in [-0.05, 0) is 31.4 Å². The second kappa shape index (κ2) is 6.61. The van der Waals surface area contributed by atoms with Crippen molar-refractivity contribution in [2.45, 2.75) is 38.2 Å². The van der Waals surface area contributed by atoms with Crippen LogP contribution in [0, 0.1) is 6.92 Å². The van der Waals surface area contributed by atoms with Crippen LogP contribution in [0.3, 0.4) is 0 Å². The Morgan fingerprint density at radius 1 is 1.27 bits per heavy atom. The first kappa shape index (κ1) is 16.8. The molecule has 0 atom stereocenters. The van der Waals surface area contributed by atoms with Gasteiger partial charge >= 0.3 is 0 Å². The number of methoxy groups -OCH3 is 1. The summed E-state index contributed by atoms with van der Waals surface area (Å²) in [6.07, 6.45) is 7.52. The molecule has 6 heteroatoms. The number of hydrogen-bond donors (Lipinski definition) is 0. The number of aromatic nitrogens is 4. The van der Waals surface area contributed by atoms with Gasteiger partial charge < -0.3 is 4.74 Å². The predicted molar refractivity (Wildman–Crippen MR) is 102 cm³/mol. The zero-order valence-corrected chi connectivity index (χ0v) is 15.4. The van der Waals surface area contributed by atoms with Crippen molar-refractivity contribution in [3.05, 3.63) is 47.5 Å². The maximum absolute atomic E-state index is 5.19. The zero-order valence-electron chi connectivity index (χ0n) is 15.4. The summed E-state index contributed by atoms with van der Waals surface area (Å²) in [6, 6.07) is 8.53.